The van der Waals surface area contributed by atoms with E-state index in [2.05, 4.69) is 42.2 Å². The van der Waals surface area contributed by atoms with Crippen LogP contribution in [0, 0.1) is 18.3 Å². The maximum atomic E-state index is 9.04. The average Bonchev–Trinajstić information content (AvgIpc) is 2.85. The van der Waals surface area contributed by atoms with E-state index in [0.29, 0.717) is 6.54 Å². The van der Waals surface area contributed by atoms with Gasteiger partial charge in [-0.2, -0.15) is 5.26 Å². The number of hydrogen-bond donors (Lipinski definition) is 0. The second-order valence-electron chi connectivity index (χ2n) is 5.25. The average molecular weight is 275 g/mol. The summed E-state index contributed by atoms with van der Waals surface area (Å²) in [5.41, 5.74) is 4.58. The van der Waals surface area contributed by atoms with E-state index in [1.165, 1.54) is 11.1 Å². The van der Waals surface area contributed by atoms with Crippen LogP contribution in [0.5, 0.6) is 0 Å². The first-order valence-electron chi connectivity index (χ1n) is 7.14. The molecule has 0 bridgehead atoms. The molecule has 1 aromatic heterocycles. The van der Waals surface area contributed by atoms with E-state index in [1.54, 1.807) is 0 Å². The Morgan fingerprint density at radius 1 is 1.05 bits per heavy atom. The Morgan fingerprint density at radius 2 is 1.81 bits per heavy atom. The highest BCUT2D eigenvalue weighted by Crippen LogP contribution is 2.17. The van der Waals surface area contributed by atoms with Gasteiger partial charge in [0.1, 0.15) is 12.4 Å². The van der Waals surface area contributed by atoms with Crippen molar-refractivity contribution in [2.75, 3.05) is 0 Å². The third-order valence-corrected chi connectivity index (χ3v) is 3.72. The molecular weight excluding hydrogens is 258 g/mol. The molecule has 1 heterocycles. The van der Waals surface area contributed by atoms with Gasteiger partial charge in [0.05, 0.1) is 17.1 Å². The monoisotopic (exact) mass is 275 g/mol. The summed E-state index contributed by atoms with van der Waals surface area (Å²) in [6.07, 6.45) is 1.79. The fourth-order valence-corrected chi connectivity index (χ4v) is 2.57. The maximum Gasteiger partial charge on any atom is 0.111 e. The van der Waals surface area contributed by atoms with Crippen LogP contribution in [-0.2, 0) is 19.4 Å². The molecule has 0 unspecified atom stereocenters. The van der Waals surface area contributed by atoms with Crippen molar-refractivity contribution in [3.8, 4) is 6.07 Å². The molecule has 0 saturated heterocycles. The largest absolute Gasteiger partial charge is 0.314 e. The summed E-state index contributed by atoms with van der Waals surface area (Å²) >= 11 is 0. The van der Waals surface area contributed by atoms with Gasteiger partial charge >= 0.3 is 0 Å². The first-order chi connectivity index (χ1) is 10.3. The quantitative estimate of drug-likeness (QED) is 0.729. The SMILES string of the molecule is Cc1ccc(CCc2nc3ccccc3n2CC#N)cc1. The van der Waals surface area contributed by atoms with E-state index in [-0.39, 0.29) is 0 Å². The minimum Gasteiger partial charge on any atom is -0.314 e. The Labute approximate surface area is 124 Å². The van der Waals surface area contributed by atoms with Gasteiger partial charge in [-0.05, 0) is 31.0 Å². The Bertz CT molecular complexity index is 791. The second kappa shape index (κ2) is 5.80. The van der Waals surface area contributed by atoms with Crippen molar-refractivity contribution >= 4 is 11.0 Å². The lowest BCUT2D eigenvalue weighted by atomic mass is 10.1. The Morgan fingerprint density at radius 3 is 2.57 bits per heavy atom. The number of nitrogens with zero attached hydrogens (tertiary/aromatic N) is 3. The first kappa shape index (κ1) is 13.4. The molecule has 0 saturated carbocycles. The molecule has 3 rings (SSSR count). The van der Waals surface area contributed by atoms with E-state index in [1.807, 2.05) is 28.8 Å². The number of rotatable bonds is 4. The fourth-order valence-electron chi connectivity index (χ4n) is 2.57. The molecule has 3 nitrogen and oxygen atoms in total. The second-order valence-corrected chi connectivity index (χ2v) is 5.25. The molecule has 2 aromatic carbocycles. The number of benzene rings is 2. The normalized spacial score (nSPS) is 10.7. The van der Waals surface area contributed by atoms with Crippen LogP contribution >= 0.6 is 0 Å². The lowest BCUT2D eigenvalue weighted by Gasteiger charge is -2.05. The number of fused-ring (bicyclic) bond motifs is 1. The Kier molecular flexibility index (Phi) is 3.70. The van der Waals surface area contributed by atoms with Crippen LogP contribution in [0.2, 0.25) is 0 Å². The molecule has 104 valence electrons. The van der Waals surface area contributed by atoms with Gasteiger partial charge in [-0.15, -0.1) is 0 Å². The van der Waals surface area contributed by atoms with Crippen molar-refractivity contribution < 1.29 is 0 Å². The molecule has 0 N–H and O–H groups in total. The van der Waals surface area contributed by atoms with Crippen molar-refractivity contribution in [2.45, 2.75) is 26.3 Å². The fraction of sp³-hybridized carbons (Fsp3) is 0.222. The highest BCUT2D eigenvalue weighted by atomic mass is 15.1. The molecule has 21 heavy (non-hydrogen) atoms. The number of hydrogen-bond acceptors (Lipinski definition) is 2. The van der Waals surface area contributed by atoms with Crippen molar-refractivity contribution in [3.05, 3.63) is 65.5 Å². The summed E-state index contributed by atoms with van der Waals surface area (Å²) in [7, 11) is 0. The van der Waals surface area contributed by atoms with Crippen molar-refractivity contribution in [1.82, 2.24) is 9.55 Å². The van der Waals surface area contributed by atoms with Gasteiger partial charge < -0.3 is 4.57 Å². The first-order valence-corrected chi connectivity index (χ1v) is 7.14. The molecule has 0 amide bonds. The molecule has 0 aliphatic rings. The molecular formula is C18H17N3. The van der Waals surface area contributed by atoms with E-state index in [9.17, 15) is 0 Å². The topological polar surface area (TPSA) is 41.6 Å². The summed E-state index contributed by atoms with van der Waals surface area (Å²) in [5, 5.41) is 9.04. The van der Waals surface area contributed by atoms with Gasteiger partial charge in [0.25, 0.3) is 0 Å². The van der Waals surface area contributed by atoms with Gasteiger partial charge in [0.15, 0.2) is 0 Å². The summed E-state index contributed by atoms with van der Waals surface area (Å²) < 4.78 is 2.02. The summed E-state index contributed by atoms with van der Waals surface area (Å²) in [5.74, 6) is 0.985. The zero-order valence-corrected chi connectivity index (χ0v) is 12.1. The van der Waals surface area contributed by atoms with Crippen LogP contribution in [0.25, 0.3) is 11.0 Å². The van der Waals surface area contributed by atoms with Crippen LogP contribution in [0.15, 0.2) is 48.5 Å². The molecule has 0 spiro atoms. The lowest BCUT2D eigenvalue weighted by Crippen LogP contribution is -2.04. The zero-order valence-electron chi connectivity index (χ0n) is 12.1. The highest BCUT2D eigenvalue weighted by molar-refractivity contribution is 5.76. The Balaban J connectivity index is 1.87. The summed E-state index contributed by atoms with van der Waals surface area (Å²) in [6.45, 7) is 2.44. The number of nitriles is 1. The van der Waals surface area contributed by atoms with E-state index in [0.717, 1.165) is 29.7 Å². The van der Waals surface area contributed by atoms with Gasteiger partial charge in [0, 0.05) is 6.42 Å². The molecule has 0 aliphatic heterocycles. The van der Waals surface area contributed by atoms with Crippen LogP contribution in [0.1, 0.15) is 17.0 Å². The number of para-hydroxylation sites is 2. The molecule has 0 radical (unpaired) electrons. The van der Waals surface area contributed by atoms with Gasteiger partial charge in [-0.3, -0.25) is 0 Å². The van der Waals surface area contributed by atoms with Crippen LogP contribution < -0.4 is 0 Å². The van der Waals surface area contributed by atoms with E-state index in [4.69, 9.17) is 5.26 Å². The van der Waals surface area contributed by atoms with Gasteiger partial charge in [0.2, 0.25) is 0 Å². The van der Waals surface area contributed by atoms with Crippen molar-refractivity contribution in [3.63, 3.8) is 0 Å². The third kappa shape index (κ3) is 2.80. The predicted molar refractivity (Wildman–Crippen MR) is 83.9 cm³/mol. The van der Waals surface area contributed by atoms with Crippen LogP contribution in [0.4, 0.5) is 0 Å². The third-order valence-electron chi connectivity index (χ3n) is 3.72. The van der Waals surface area contributed by atoms with E-state index < -0.39 is 0 Å². The summed E-state index contributed by atoms with van der Waals surface area (Å²) in [4.78, 5) is 4.68. The van der Waals surface area contributed by atoms with Crippen LogP contribution in [0.3, 0.4) is 0 Å². The zero-order chi connectivity index (χ0) is 14.7. The lowest BCUT2D eigenvalue weighted by molar-refractivity contribution is 0.748. The molecule has 0 aliphatic carbocycles. The summed E-state index contributed by atoms with van der Waals surface area (Å²) in [6, 6.07) is 18.8. The minimum absolute atomic E-state index is 0.351. The maximum absolute atomic E-state index is 9.04. The minimum atomic E-state index is 0.351. The molecule has 3 heteroatoms. The van der Waals surface area contributed by atoms with Gasteiger partial charge in [-0.25, -0.2) is 4.98 Å². The van der Waals surface area contributed by atoms with Crippen molar-refractivity contribution in [1.29, 1.82) is 5.26 Å². The highest BCUT2D eigenvalue weighted by Gasteiger charge is 2.09. The van der Waals surface area contributed by atoms with Gasteiger partial charge in [-0.1, -0.05) is 42.0 Å². The molecule has 3 aromatic rings. The van der Waals surface area contributed by atoms with E-state index >= 15 is 0 Å². The van der Waals surface area contributed by atoms with Crippen LogP contribution in [-0.4, -0.2) is 9.55 Å². The number of imidazole rings is 1. The Hall–Kier alpha value is -2.60. The standard InChI is InChI=1S/C18H17N3/c1-14-6-8-15(9-7-14)10-11-18-20-16-4-2-3-5-17(16)21(18)13-12-19/h2-9H,10-11,13H2,1H3. The molecule has 0 fully saturated rings. The smallest absolute Gasteiger partial charge is 0.111 e. The predicted octanol–water partition coefficient (Wildman–Crippen LogP) is 3.65. The number of aryl methyl sites for hydroxylation is 3. The number of aromatic nitrogens is 2. The molecule has 0 atom stereocenters. The van der Waals surface area contributed by atoms with Crippen molar-refractivity contribution in [2.24, 2.45) is 0 Å².